The lowest BCUT2D eigenvalue weighted by atomic mass is 10.1. The number of hydrogen-bond acceptors (Lipinski definition) is 8. The van der Waals surface area contributed by atoms with E-state index >= 15 is 0 Å². The molecule has 0 unspecified atom stereocenters. The number of esters is 1. The van der Waals surface area contributed by atoms with E-state index in [-0.39, 0.29) is 51.3 Å². The molecule has 0 saturated carbocycles. The Morgan fingerprint density at radius 2 is 1.75 bits per heavy atom. The fraction of sp³-hybridized carbons (Fsp3) is 0.120. The van der Waals surface area contributed by atoms with Crippen molar-refractivity contribution >= 4 is 32.6 Å². The van der Waals surface area contributed by atoms with E-state index in [0.29, 0.717) is 5.56 Å². The monoisotopic (exact) mass is 508 g/mol. The zero-order valence-electron chi connectivity index (χ0n) is 19.0. The summed E-state index contributed by atoms with van der Waals surface area (Å²) < 4.78 is 37.8. The molecule has 0 saturated heterocycles. The van der Waals surface area contributed by atoms with Gasteiger partial charge in [-0.3, -0.25) is 19.7 Å². The summed E-state index contributed by atoms with van der Waals surface area (Å²) in [7, 11) is -3.75. The summed E-state index contributed by atoms with van der Waals surface area (Å²) >= 11 is 0. The number of sulfonamides is 1. The molecular formula is C25H20N2O8S. The Bertz CT molecular complexity index is 1610. The van der Waals surface area contributed by atoms with E-state index in [1.165, 1.54) is 60.9 Å². The number of nitrogens with one attached hydrogen (secondary N) is 1. The van der Waals surface area contributed by atoms with Gasteiger partial charge in [0.15, 0.2) is 5.43 Å². The molecule has 4 aromatic rings. The molecule has 184 valence electrons. The van der Waals surface area contributed by atoms with Crippen LogP contribution in [0.15, 0.2) is 87.1 Å². The molecule has 4 rings (SSSR count). The van der Waals surface area contributed by atoms with Gasteiger partial charge < -0.3 is 9.15 Å². The first-order valence-electron chi connectivity index (χ1n) is 10.7. The second kappa shape index (κ2) is 10.1. The normalized spacial score (nSPS) is 11.4. The van der Waals surface area contributed by atoms with Crippen molar-refractivity contribution in [2.75, 3.05) is 6.54 Å². The van der Waals surface area contributed by atoms with Crippen LogP contribution in [0.3, 0.4) is 0 Å². The van der Waals surface area contributed by atoms with Crippen LogP contribution in [0.1, 0.15) is 12.0 Å². The van der Waals surface area contributed by atoms with Crippen LogP contribution >= 0.6 is 0 Å². The maximum atomic E-state index is 12.9. The van der Waals surface area contributed by atoms with Crippen LogP contribution in [0.5, 0.6) is 5.75 Å². The fourth-order valence-electron chi connectivity index (χ4n) is 3.40. The molecular weight excluding hydrogens is 488 g/mol. The van der Waals surface area contributed by atoms with E-state index in [4.69, 9.17) is 9.15 Å². The van der Waals surface area contributed by atoms with Gasteiger partial charge in [-0.2, -0.15) is 0 Å². The van der Waals surface area contributed by atoms with Crippen LogP contribution in [0, 0.1) is 17.0 Å². The van der Waals surface area contributed by atoms with Crippen LogP contribution < -0.4 is 14.9 Å². The minimum Gasteiger partial charge on any atom is -0.463 e. The van der Waals surface area contributed by atoms with Crippen molar-refractivity contribution in [3.63, 3.8) is 0 Å². The number of aryl methyl sites for hydroxylation is 1. The van der Waals surface area contributed by atoms with Crippen LogP contribution in [-0.4, -0.2) is 25.9 Å². The first-order valence-corrected chi connectivity index (χ1v) is 12.2. The van der Waals surface area contributed by atoms with Crippen molar-refractivity contribution in [2.45, 2.75) is 18.2 Å². The second-order valence-corrected chi connectivity index (χ2v) is 9.64. The largest absolute Gasteiger partial charge is 0.463 e. The number of carbonyl (C=O) groups excluding carboxylic acids is 1. The van der Waals surface area contributed by atoms with E-state index in [9.17, 15) is 28.1 Å². The number of carbonyl (C=O) groups is 1. The Labute approximate surface area is 205 Å². The fourth-order valence-corrected chi connectivity index (χ4v) is 4.44. The van der Waals surface area contributed by atoms with Gasteiger partial charge in [0.25, 0.3) is 5.69 Å². The standard InChI is InChI=1S/C25H20N2O8S/c1-16-2-9-20(10-3-16)36(32,33)26-13-12-24(28)35-19-8-11-21-23(14-19)34-15-22(25(21)29)17-4-6-18(7-5-17)27(30)31/h2-11,14-15,26H,12-13H2,1H3. The number of hydrogen-bond donors (Lipinski definition) is 1. The van der Waals surface area contributed by atoms with Crippen molar-refractivity contribution in [2.24, 2.45) is 0 Å². The minimum atomic E-state index is -3.75. The minimum absolute atomic E-state index is 0.0964. The van der Waals surface area contributed by atoms with Gasteiger partial charge in [-0.05, 0) is 48.9 Å². The predicted octanol–water partition coefficient (Wildman–Crippen LogP) is 3.95. The summed E-state index contributed by atoms with van der Waals surface area (Å²) in [5.41, 5.74) is 1.33. The second-order valence-electron chi connectivity index (χ2n) is 7.88. The maximum Gasteiger partial charge on any atom is 0.312 e. The summed E-state index contributed by atoms with van der Waals surface area (Å²) in [5, 5.41) is 11.1. The van der Waals surface area contributed by atoms with E-state index < -0.39 is 20.9 Å². The third-order valence-electron chi connectivity index (χ3n) is 5.32. The number of benzene rings is 3. The predicted molar refractivity (Wildman–Crippen MR) is 131 cm³/mol. The lowest BCUT2D eigenvalue weighted by Crippen LogP contribution is -2.27. The molecule has 0 amide bonds. The Balaban J connectivity index is 1.42. The zero-order valence-corrected chi connectivity index (χ0v) is 19.8. The van der Waals surface area contributed by atoms with Gasteiger partial charge in [0, 0.05) is 24.7 Å². The van der Waals surface area contributed by atoms with Gasteiger partial charge in [-0.15, -0.1) is 0 Å². The summed E-state index contributed by atoms with van der Waals surface area (Å²) in [5.74, 6) is -0.550. The van der Waals surface area contributed by atoms with Gasteiger partial charge in [0.05, 0.1) is 27.2 Å². The van der Waals surface area contributed by atoms with Crippen LogP contribution in [0.25, 0.3) is 22.1 Å². The van der Waals surface area contributed by atoms with Crippen LogP contribution in [0.2, 0.25) is 0 Å². The number of ether oxygens (including phenoxy) is 1. The average molecular weight is 509 g/mol. The highest BCUT2D eigenvalue weighted by molar-refractivity contribution is 7.89. The molecule has 0 aliphatic carbocycles. The van der Waals surface area contributed by atoms with Crippen molar-refractivity contribution in [3.05, 3.63) is 98.9 Å². The number of nitrogens with zero attached hydrogens (tertiary/aromatic N) is 1. The van der Waals surface area contributed by atoms with Crippen LogP contribution in [-0.2, 0) is 14.8 Å². The Hall–Kier alpha value is -4.35. The third-order valence-corrected chi connectivity index (χ3v) is 6.80. The molecule has 1 heterocycles. The molecule has 0 atom stereocenters. The summed E-state index contributed by atoms with van der Waals surface area (Å²) in [6, 6.07) is 16.1. The molecule has 1 aromatic heterocycles. The van der Waals surface area contributed by atoms with Crippen molar-refractivity contribution in [3.8, 4) is 16.9 Å². The molecule has 10 nitrogen and oxygen atoms in total. The quantitative estimate of drug-likeness (QED) is 0.163. The molecule has 36 heavy (non-hydrogen) atoms. The average Bonchev–Trinajstić information content (AvgIpc) is 2.84. The molecule has 0 bridgehead atoms. The number of nitro benzene ring substituents is 1. The van der Waals surface area contributed by atoms with E-state index in [1.807, 2.05) is 6.92 Å². The first kappa shape index (κ1) is 24.8. The van der Waals surface area contributed by atoms with E-state index in [1.54, 1.807) is 12.1 Å². The van der Waals surface area contributed by atoms with E-state index in [2.05, 4.69) is 4.72 Å². The molecule has 1 N–H and O–H groups in total. The van der Waals surface area contributed by atoms with Crippen molar-refractivity contribution in [1.29, 1.82) is 0 Å². The molecule has 0 aliphatic heterocycles. The van der Waals surface area contributed by atoms with Gasteiger partial charge in [-0.25, -0.2) is 13.1 Å². The third kappa shape index (κ3) is 5.48. The number of fused-ring (bicyclic) bond motifs is 1. The van der Waals surface area contributed by atoms with Crippen molar-refractivity contribution < 1.29 is 27.3 Å². The van der Waals surface area contributed by atoms with Gasteiger partial charge in [0.2, 0.25) is 10.0 Å². The molecule has 3 aromatic carbocycles. The maximum absolute atomic E-state index is 12.9. The number of non-ortho nitro benzene ring substituents is 1. The highest BCUT2D eigenvalue weighted by Crippen LogP contribution is 2.25. The summed E-state index contributed by atoms with van der Waals surface area (Å²) in [6.07, 6.45) is 1.02. The summed E-state index contributed by atoms with van der Waals surface area (Å²) in [6.45, 7) is 1.69. The van der Waals surface area contributed by atoms with E-state index in [0.717, 1.165) is 5.56 Å². The summed E-state index contributed by atoms with van der Waals surface area (Å²) in [4.78, 5) is 35.5. The number of rotatable bonds is 8. The topological polar surface area (TPSA) is 146 Å². The Morgan fingerprint density at radius 1 is 1.06 bits per heavy atom. The highest BCUT2D eigenvalue weighted by atomic mass is 32.2. The lowest BCUT2D eigenvalue weighted by Gasteiger charge is -2.08. The SMILES string of the molecule is Cc1ccc(S(=O)(=O)NCCC(=O)Oc2ccc3c(=O)c(-c4ccc([N+](=O)[O-])cc4)coc3c2)cc1. The Kier molecular flexibility index (Phi) is 6.95. The Morgan fingerprint density at radius 3 is 2.42 bits per heavy atom. The van der Waals surface area contributed by atoms with Gasteiger partial charge in [-0.1, -0.05) is 17.7 Å². The van der Waals surface area contributed by atoms with Crippen LogP contribution in [0.4, 0.5) is 5.69 Å². The zero-order chi connectivity index (χ0) is 25.9. The van der Waals surface area contributed by atoms with Gasteiger partial charge in [0.1, 0.15) is 17.6 Å². The van der Waals surface area contributed by atoms with Gasteiger partial charge >= 0.3 is 5.97 Å². The first-order chi connectivity index (χ1) is 17.1. The highest BCUT2D eigenvalue weighted by Gasteiger charge is 2.16. The lowest BCUT2D eigenvalue weighted by molar-refractivity contribution is -0.384. The van der Waals surface area contributed by atoms with Crippen molar-refractivity contribution in [1.82, 2.24) is 4.72 Å². The molecule has 11 heteroatoms. The molecule has 0 aliphatic rings. The smallest absolute Gasteiger partial charge is 0.312 e. The molecule has 0 spiro atoms. The number of nitro groups is 1. The molecule has 0 radical (unpaired) electrons. The molecule has 0 fully saturated rings.